The first kappa shape index (κ1) is 12.9. The van der Waals surface area contributed by atoms with Gasteiger partial charge in [0.1, 0.15) is 0 Å². The number of hydrogen-bond donors (Lipinski definition) is 0. The van der Waals surface area contributed by atoms with E-state index in [1.165, 1.54) is 25.7 Å². The van der Waals surface area contributed by atoms with E-state index < -0.39 is 0 Å². The van der Waals surface area contributed by atoms with Crippen molar-refractivity contribution in [2.45, 2.75) is 51.7 Å². The third kappa shape index (κ3) is 3.42. The van der Waals surface area contributed by atoms with Crippen LogP contribution in [0.3, 0.4) is 0 Å². The first-order valence-electron chi connectivity index (χ1n) is 5.60. The van der Waals surface area contributed by atoms with Crippen LogP contribution in [0.15, 0.2) is 0 Å². The Hall–Kier alpha value is 0.790. The van der Waals surface area contributed by atoms with E-state index in [-0.39, 0.29) is 8.01 Å². The molecule has 0 N–H and O–H groups in total. The van der Waals surface area contributed by atoms with Gasteiger partial charge >= 0.3 is 0 Å². The molecule has 3 heteroatoms. The molecule has 1 rings (SSSR count). The largest absolute Gasteiger partial charge is 0.344 e. The van der Waals surface area contributed by atoms with Crippen LogP contribution < -0.4 is 0 Å². The smallest absolute Gasteiger partial charge is 0.0392 e. The molecule has 1 saturated carbocycles. The Balaban J connectivity index is 2.65. The molecule has 0 aromatic heterocycles. The van der Waals surface area contributed by atoms with E-state index in [1.807, 2.05) is 0 Å². The molecule has 0 amide bonds. The quantitative estimate of drug-likeness (QED) is 0.654. The summed E-state index contributed by atoms with van der Waals surface area (Å²) in [7, 11) is -0.201. The SMILES string of the molecule is CC1CCCC([S-](=S)=S)CC(C)C1C. The summed E-state index contributed by atoms with van der Waals surface area (Å²) in [4.78, 5) is 0. The van der Waals surface area contributed by atoms with Gasteiger partial charge in [-0.1, -0.05) is 46.5 Å². The summed E-state index contributed by atoms with van der Waals surface area (Å²) in [5.74, 6) is 2.52. The maximum atomic E-state index is 5.27. The van der Waals surface area contributed by atoms with Crippen LogP contribution in [0.2, 0.25) is 0 Å². The summed E-state index contributed by atoms with van der Waals surface area (Å²) in [6.45, 7) is 7.16. The first-order chi connectivity index (χ1) is 6.52. The van der Waals surface area contributed by atoms with Gasteiger partial charge in [0, 0.05) is 0 Å². The third-order valence-electron chi connectivity index (χ3n) is 3.89. The van der Waals surface area contributed by atoms with E-state index in [0.717, 1.165) is 17.8 Å². The highest BCUT2D eigenvalue weighted by Crippen LogP contribution is 2.32. The predicted octanol–water partition coefficient (Wildman–Crippen LogP) is 3.38. The normalized spacial score (nSPS) is 40.6. The van der Waals surface area contributed by atoms with Crippen LogP contribution in [-0.4, -0.2) is 5.25 Å². The van der Waals surface area contributed by atoms with Gasteiger partial charge < -0.3 is 8.01 Å². The van der Waals surface area contributed by atoms with Crippen LogP contribution in [0.4, 0.5) is 0 Å². The van der Waals surface area contributed by atoms with E-state index in [9.17, 15) is 0 Å². The minimum Gasteiger partial charge on any atom is -0.344 e. The van der Waals surface area contributed by atoms with Crippen LogP contribution in [0.1, 0.15) is 46.5 Å². The fourth-order valence-corrected chi connectivity index (χ4v) is 4.28. The van der Waals surface area contributed by atoms with Crippen molar-refractivity contribution in [3.63, 3.8) is 0 Å². The van der Waals surface area contributed by atoms with E-state index >= 15 is 0 Å². The summed E-state index contributed by atoms with van der Waals surface area (Å²) in [5.41, 5.74) is 0. The molecular weight excluding hydrogens is 228 g/mol. The summed E-state index contributed by atoms with van der Waals surface area (Å²) in [6, 6.07) is 0. The van der Waals surface area contributed by atoms with Gasteiger partial charge in [0.25, 0.3) is 0 Å². The molecule has 0 spiro atoms. The van der Waals surface area contributed by atoms with Crippen molar-refractivity contribution in [2.75, 3.05) is 0 Å². The number of rotatable bonds is 1. The molecule has 0 aliphatic heterocycles. The molecule has 0 aromatic rings. The molecule has 84 valence electrons. The molecule has 0 nitrogen and oxygen atoms in total. The van der Waals surface area contributed by atoms with Crippen molar-refractivity contribution in [1.29, 1.82) is 0 Å². The lowest BCUT2D eigenvalue weighted by Crippen LogP contribution is -2.25. The third-order valence-corrected chi connectivity index (χ3v) is 6.49. The molecule has 0 heterocycles. The summed E-state index contributed by atoms with van der Waals surface area (Å²) >= 11 is 10.5. The molecule has 1 fully saturated rings. The molecule has 0 radical (unpaired) electrons. The standard InChI is InChI=1S/C11H21S3/c1-8-5-4-6-11(14(12)13)7-9(2)10(8)3/h8-11H,4-7H2,1-3H3/q-1. The molecule has 0 saturated heterocycles. The lowest BCUT2D eigenvalue weighted by atomic mass is 9.77. The van der Waals surface area contributed by atoms with Gasteiger partial charge in [0.15, 0.2) is 0 Å². The van der Waals surface area contributed by atoms with Crippen LogP contribution >= 0.6 is 0 Å². The lowest BCUT2D eigenvalue weighted by molar-refractivity contribution is 0.229. The molecule has 1 aliphatic carbocycles. The maximum absolute atomic E-state index is 5.27. The Morgan fingerprint density at radius 1 is 1.00 bits per heavy atom. The predicted molar refractivity (Wildman–Crippen MR) is 71.8 cm³/mol. The molecule has 4 unspecified atom stereocenters. The van der Waals surface area contributed by atoms with E-state index in [4.69, 9.17) is 22.4 Å². The van der Waals surface area contributed by atoms with Crippen molar-refractivity contribution in [1.82, 2.24) is 0 Å². The van der Waals surface area contributed by atoms with Gasteiger partial charge in [-0.3, -0.25) is 22.4 Å². The van der Waals surface area contributed by atoms with Gasteiger partial charge in [-0.15, -0.1) is 5.25 Å². The second-order valence-electron chi connectivity index (χ2n) is 4.86. The van der Waals surface area contributed by atoms with E-state index in [2.05, 4.69) is 20.8 Å². The molecule has 0 bridgehead atoms. The van der Waals surface area contributed by atoms with Gasteiger partial charge in [0.05, 0.1) is 0 Å². The maximum Gasteiger partial charge on any atom is -0.0392 e. The summed E-state index contributed by atoms with van der Waals surface area (Å²) < 4.78 is 0. The van der Waals surface area contributed by atoms with E-state index in [1.54, 1.807) is 0 Å². The molecule has 1 aliphatic rings. The molecule has 14 heavy (non-hydrogen) atoms. The highest BCUT2D eigenvalue weighted by molar-refractivity contribution is 8.46. The minimum atomic E-state index is -0.201. The Morgan fingerprint density at radius 2 is 1.64 bits per heavy atom. The zero-order valence-corrected chi connectivity index (χ0v) is 11.8. The van der Waals surface area contributed by atoms with Gasteiger partial charge in [0.2, 0.25) is 0 Å². The Labute approximate surface area is 99.7 Å². The van der Waals surface area contributed by atoms with Gasteiger partial charge in [-0.05, 0) is 17.8 Å². The van der Waals surface area contributed by atoms with Crippen molar-refractivity contribution in [3.8, 4) is 0 Å². The van der Waals surface area contributed by atoms with Crippen molar-refractivity contribution < 1.29 is 0 Å². The lowest BCUT2D eigenvalue weighted by Gasteiger charge is -2.35. The van der Waals surface area contributed by atoms with Crippen LogP contribution in [0, 0.1) is 17.8 Å². The zero-order chi connectivity index (χ0) is 10.7. The molecule has 0 aromatic carbocycles. The summed E-state index contributed by atoms with van der Waals surface area (Å²) in [6.07, 6.45) is 5.24. The highest BCUT2D eigenvalue weighted by atomic mass is 33.1. The Bertz CT molecular complexity index is 237. The van der Waals surface area contributed by atoms with Crippen LogP contribution in [-0.2, 0) is 30.4 Å². The Kier molecular flexibility index (Phi) is 5.29. The first-order valence-corrected chi connectivity index (χ1v) is 8.74. The van der Waals surface area contributed by atoms with Crippen LogP contribution in [0.25, 0.3) is 0 Å². The number of hydrogen-bond acceptors (Lipinski definition) is 3. The van der Waals surface area contributed by atoms with Crippen LogP contribution in [0.5, 0.6) is 0 Å². The molecular formula is C11H21S3-. The second kappa shape index (κ2) is 5.76. The fourth-order valence-electron chi connectivity index (χ4n) is 2.41. The van der Waals surface area contributed by atoms with Crippen molar-refractivity contribution in [2.24, 2.45) is 17.8 Å². The van der Waals surface area contributed by atoms with E-state index in [0.29, 0.717) is 5.25 Å². The summed E-state index contributed by atoms with van der Waals surface area (Å²) in [5, 5.41) is 0.643. The molecule has 4 atom stereocenters. The second-order valence-corrected chi connectivity index (χ2v) is 8.84. The zero-order valence-electron chi connectivity index (χ0n) is 9.36. The monoisotopic (exact) mass is 249 g/mol. The fraction of sp³-hybridized carbons (Fsp3) is 1.00. The highest BCUT2D eigenvalue weighted by Gasteiger charge is 2.22. The topological polar surface area (TPSA) is 0 Å². The average molecular weight is 249 g/mol. The van der Waals surface area contributed by atoms with Gasteiger partial charge in [-0.25, -0.2) is 0 Å². The van der Waals surface area contributed by atoms with Gasteiger partial charge in [-0.2, -0.15) is 0 Å². The van der Waals surface area contributed by atoms with Crippen molar-refractivity contribution in [3.05, 3.63) is 0 Å². The average Bonchev–Trinajstić information content (AvgIpc) is 2.12. The Morgan fingerprint density at radius 3 is 2.21 bits per heavy atom. The van der Waals surface area contributed by atoms with Crippen molar-refractivity contribution >= 4 is 30.4 Å². The minimum absolute atomic E-state index is 0.201.